The van der Waals surface area contributed by atoms with Crippen molar-refractivity contribution in [3.63, 3.8) is 0 Å². The van der Waals surface area contributed by atoms with E-state index in [4.69, 9.17) is 4.74 Å². The summed E-state index contributed by atoms with van der Waals surface area (Å²) in [4.78, 5) is 33.1. The van der Waals surface area contributed by atoms with Crippen molar-refractivity contribution in [2.24, 2.45) is 4.99 Å². The standard InChI is InChI=1S/C31H36N4O5S/c1-31(2,3)40-30(37)35-21-19-32-29(35)25-17-15-23(16-18-25)22-33(4)28(36)14-9-20-34(5)41(38,39)27-13-8-11-24-10-6-7-12-26(24)27/h6-18H,19-22H2,1-5H3/b14-9+. The first kappa shape index (κ1) is 30.0. The third kappa shape index (κ3) is 7.20. The fraction of sp³-hybridized carbons (Fsp3) is 0.323. The van der Waals surface area contributed by atoms with Gasteiger partial charge in [0.15, 0.2) is 0 Å². The fourth-order valence-corrected chi connectivity index (χ4v) is 5.75. The summed E-state index contributed by atoms with van der Waals surface area (Å²) in [7, 11) is -0.568. The SMILES string of the molecule is CN(Cc1ccc(C2=NCCN2C(=O)OC(C)(C)C)cc1)C(=O)/C=C/CN(C)S(=O)(=O)c1cccc2ccccc12. The van der Waals surface area contributed by atoms with Gasteiger partial charge in [-0.2, -0.15) is 4.31 Å². The summed E-state index contributed by atoms with van der Waals surface area (Å²) < 4.78 is 33.1. The smallest absolute Gasteiger partial charge is 0.416 e. The number of benzene rings is 3. The van der Waals surface area contributed by atoms with Crippen molar-refractivity contribution in [2.45, 2.75) is 37.8 Å². The Hall–Kier alpha value is -4.02. The molecule has 2 amide bonds. The zero-order valence-corrected chi connectivity index (χ0v) is 24.9. The second kappa shape index (κ2) is 12.2. The van der Waals surface area contributed by atoms with Gasteiger partial charge in [0.25, 0.3) is 0 Å². The largest absolute Gasteiger partial charge is 0.443 e. The molecule has 0 unspecified atom stereocenters. The monoisotopic (exact) mass is 576 g/mol. The number of sulfonamides is 1. The van der Waals surface area contributed by atoms with Gasteiger partial charge in [-0.1, -0.05) is 66.7 Å². The van der Waals surface area contributed by atoms with E-state index >= 15 is 0 Å². The molecular formula is C31H36N4O5S. The van der Waals surface area contributed by atoms with Gasteiger partial charge < -0.3 is 9.64 Å². The van der Waals surface area contributed by atoms with Gasteiger partial charge in [-0.3, -0.25) is 14.7 Å². The lowest BCUT2D eigenvalue weighted by Gasteiger charge is -2.25. The minimum absolute atomic E-state index is 0.0517. The molecule has 1 heterocycles. The molecule has 3 aromatic carbocycles. The molecule has 0 aromatic heterocycles. The second-order valence-corrected chi connectivity index (χ2v) is 12.9. The molecule has 0 fully saturated rings. The molecule has 1 aliphatic heterocycles. The number of rotatable bonds is 8. The number of carbonyl (C=O) groups is 2. The molecule has 4 rings (SSSR count). The molecule has 1 aliphatic rings. The fourth-order valence-electron chi connectivity index (χ4n) is 4.42. The number of nitrogens with zero attached hydrogens (tertiary/aromatic N) is 4. The molecule has 41 heavy (non-hydrogen) atoms. The lowest BCUT2D eigenvalue weighted by molar-refractivity contribution is -0.125. The topological polar surface area (TPSA) is 99.6 Å². The molecule has 9 nitrogen and oxygen atoms in total. The highest BCUT2D eigenvalue weighted by molar-refractivity contribution is 7.89. The number of aliphatic imine (C=N–C) groups is 1. The van der Waals surface area contributed by atoms with Crippen LogP contribution in [-0.4, -0.2) is 79.7 Å². The highest BCUT2D eigenvalue weighted by Gasteiger charge is 2.29. The van der Waals surface area contributed by atoms with E-state index in [9.17, 15) is 18.0 Å². The van der Waals surface area contributed by atoms with Crippen LogP contribution in [0.3, 0.4) is 0 Å². The first-order chi connectivity index (χ1) is 19.4. The minimum Gasteiger partial charge on any atom is -0.443 e. The van der Waals surface area contributed by atoms with Crippen LogP contribution in [0.15, 0.2) is 88.8 Å². The Bertz CT molecular complexity index is 1590. The number of amides is 2. The van der Waals surface area contributed by atoms with Crippen molar-refractivity contribution in [3.8, 4) is 0 Å². The number of hydrogen-bond acceptors (Lipinski definition) is 6. The van der Waals surface area contributed by atoms with Crippen LogP contribution in [0.25, 0.3) is 10.8 Å². The second-order valence-electron chi connectivity index (χ2n) is 10.9. The zero-order chi connectivity index (χ0) is 29.8. The van der Waals surface area contributed by atoms with Crippen LogP contribution < -0.4 is 0 Å². The van der Waals surface area contributed by atoms with Gasteiger partial charge in [-0.25, -0.2) is 13.2 Å². The van der Waals surface area contributed by atoms with E-state index in [2.05, 4.69) is 4.99 Å². The Balaban J connectivity index is 1.34. The van der Waals surface area contributed by atoms with Crippen molar-refractivity contribution in [2.75, 3.05) is 33.7 Å². The van der Waals surface area contributed by atoms with Crippen LogP contribution in [0, 0.1) is 0 Å². The van der Waals surface area contributed by atoms with Crippen molar-refractivity contribution >= 4 is 38.6 Å². The number of likely N-dealkylation sites (N-methyl/N-ethyl adjacent to an activating group) is 2. The average molecular weight is 577 g/mol. The number of hydrogen-bond donors (Lipinski definition) is 0. The molecule has 0 spiro atoms. The molecule has 0 bridgehead atoms. The van der Waals surface area contributed by atoms with Crippen LogP contribution in [-0.2, 0) is 26.1 Å². The van der Waals surface area contributed by atoms with Crippen molar-refractivity contribution in [3.05, 3.63) is 90.0 Å². The quantitative estimate of drug-likeness (QED) is 0.363. The third-order valence-corrected chi connectivity index (χ3v) is 8.41. The van der Waals surface area contributed by atoms with Crippen LogP contribution in [0.1, 0.15) is 31.9 Å². The number of amidine groups is 1. The van der Waals surface area contributed by atoms with Gasteiger partial charge in [0.2, 0.25) is 15.9 Å². The zero-order valence-electron chi connectivity index (χ0n) is 24.1. The van der Waals surface area contributed by atoms with E-state index in [1.807, 2.05) is 69.3 Å². The van der Waals surface area contributed by atoms with Crippen molar-refractivity contribution < 1.29 is 22.7 Å². The maximum absolute atomic E-state index is 13.2. The molecule has 3 aromatic rings. The van der Waals surface area contributed by atoms with Crippen LogP contribution in [0.2, 0.25) is 0 Å². The first-order valence-electron chi connectivity index (χ1n) is 13.4. The molecule has 0 atom stereocenters. The molecule has 0 N–H and O–H groups in total. The average Bonchev–Trinajstić information content (AvgIpc) is 3.42. The summed E-state index contributed by atoms with van der Waals surface area (Å²) in [5, 5.41) is 1.50. The third-order valence-electron chi connectivity index (χ3n) is 6.52. The number of fused-ring (bicyclic) bond motifs is 1. The maximum Gasteiger partial charge on any atom is 0.416 e. The highest BCUT2D eigenvalue weighted by Crippen LogP contribution is 2.25. The molecule has 0 saturated heterocycles. The van der Waals surface area contributed by atoms with Crippen LogP contribution in [0.5, 0.6) is 0 Å². The van der Waals surface area contributed by atoms with Crippen molar-refractivity contribution in [1.29, 1.82) is 0 Å². The Morgan fingerprint density at radius 1 is 1.00 bits per heavy atom. The first-order valence-corrected chi connectivity index (χ1v) is 14.8. The molecule has 10 heteroatoms. The van der Waals surface area contributed by atoms with E-state index < -0.39 is 21.7 Å². The van der Waals surface area contributed by atoms with E-state index in [1.165, 1.54) is 22.3 Å². The minimum atomic E-state index is -3.75. The summed E-state index contributed by atoms with van der Waals surface area (Å²) in [6.07, 6.45) is 2.51. The molecule has 0 saturated carbocycles. The normalized spacial score (nSPS) is 14.1. The lowest BCUT2D eigenvalue weighted by Crippen LogP contribution is -2.39. The van der Waals surface area contributed by atoms with E-state index in [0.717, 1.165) is 16.5 Å². The summed E-state index contributed by atoms with van der Waals surface area (Å²) in [6, 6.07) is 20.1. The van der Waals surface area contributed by atoms with Gasteiger partial charge in [0.1, 0.15) is 11.4 Å². The Morgan fingerprint density at radius 3 is 2.39 bits per heavy atom. The molecular weight excluding hydrogens is 540 g/mol. The van der Waals surface area contributed by atoms with Gasteiger partial charge in [0.05, 0.1) is 18.0 Å². The van der Waals surface area contributed by atoms with Crippen LogP contribution in [0.4, 0.5) is 4.79 Å². The summed E-state index contributed by atoms with van der Waals surface area (Å²) in [5.41, 5.74) is 1.10. The summed E-state index contributed by atoms with van der Waals surface area (Å²) in [6.45, 7) is 6.86. The Kier molecular flexibility index (Phi) is 8.94. The molecule has 0 aliphatic carbocycles. The number of ether oxygens (including phenoxy) is 1. The summed E-state index contributed by atoms with van der Waals surface area (Å²) >= 11 is 0. The van der Waals surface area contributed by atoms with Crippen molar-refractivity contribution in [1.82, 2.24) is 14.1 Å². The Morgan fingerprint density at radius 2 is 1.68 bits per heavy atom. The van der Waals surface area contributed by atoms with Gasteiger partial charge >= 0.3 is 6.09 Å². The van der Waals surface area contributed by atoms with Gasteiger partial charge in [0, 0.05) is 44.2 Å². The van der Waals surface area contributed by atoms with E-state index in [1.54, 1.807) is 36.2 Å². The van der Waals surface area contributed by atoms with E-state index in [-0.39, 0.29) is 17.3 Å². The molecule has 0 radical (unpaired) electrons. The highest BCUT2D eigenvalue weighted by atomic mass is 32.2. The predicted molar refractivity (Wildman–Crippen MR) is 160 cm³/mol. The Labute approximate surface area is 241 Å². The summed E-state index contributed by atoms with van der Waals surface area (Å²) in [5.74, 6) is 0.321. The maximum atomic E-state index is 13.2. The van der Waals surface area contributed by atoms with E-state index in [0.29, 0.717) is 30.9 Å². The number of carbonyl (C=O) groups excluding carboxylic acids is 2. The predicted octanol–water partition coefficient (Wildman–Crippen LogP) is 4.67. The lowest BCUT2D eigenvalue weighted by atomic mass is 10.1. The van der Waals surface area contributed by atoms with Crippen LogP contribution >= 0.6 is 0 Å². The molecule has 216 valence electrons. The van der Waals surface area contributed by atoms with Gasteiger partial charge in [-0.05, 0) is 37.8 Å². The van der Waals surface area contributed by atoms with Gasteiger partial charge in [-0.15, -0.1) is 0 Å².